The lowest BCUT2D eigenvalue weighted by Gasteiger charge is -2.20. The summed E-state index contributed by atoms with van der Waals surface area (Å²) in [6, 6.07) is 24.7. The molecule has 3 heteroatoms. The number of rotatable bonds is 6. The molecule has 1 aliphatic rings. The van der Waals surface area contributed by atoms with Crippen LogP contribution in [-0.4, -0.2) is 12.5 Å². The van der Waals surface area contributed by atoms with Gasteiger partial charge in [-0.1, -0.05) is 71.8 Å². The number of aryl methyl sites for hydroxylation is 2. The second kappa shape index (κ2) is 7.75. The van der Waals surface area contributed by atoms with Gasteiger partial charge >= 0.3 is 0 Å². The summed E-state index contributed by atoms with van der Waals surface area (Å²) >= 11 is 0. The second-order valence-corrected chi connectivity index (χ2v) is 7.89. The molecule has 0 aliphatic heterocycles. The van der Waals surface area contributed by atoms with E-state index in [0.29, 0.717) is 12.4 Å². The lowest BCUT2D eigenvalue weighted by atomic mass is 9.84. The Balaban J connectivity index is 1.68. The van der Waals surface area contributed by atoms with E-state index in [1.54, 1.807) is 0 Å². The maximum absolute atomic E-state index is 13.3. The number of hydrogen-bond donors (Lipinski definition) is 1. The number of benzene rings is 3. The summed E-state index contributed by atoms with van der Waals surface area (Å²) in [4.78, 5) is 13.3. The highest BCUT2D eigenvalue weighted by Gasteiger charge is 2.60. The fourth-order valence-electron chi connectivity index (χ4n) is 4.30. The van der Waals surface area contributed by atoms with Crippen LogP contribution in [0.4, 0.5) is 5.69 Å². The Kier molecular flexibility index (Phi) is 5.14. The Labute approximate surface area is 172 Å². The van der Waals surface area contributed by atoms with Gasteiger partial charge in [-0.25, -0.2) is 0 Å². The van der Waals surface area contributed by atoms with Crippen LogP contribution in [0.25, 0.3) is 0 Å². The zero-order valence-electron chi connectivity index (χ0n) is 17.2. The molecule has 1 amide bonds. The van der Waals surface area contributed by atoms with Crippen molar-refractivity contribution >= 4 is 11.6 Å². The Hall–Kier alpha value is -3.07. The first-order valence-electron chi connectivity index (χ1n) is 10.2. The number of carbonyl (C=O) groups excluding carboxylic acids is 1. The number of nitrogens with one attached hydrogen (secondary N) is 1. The minimum absolute atomic E-state index is 0.0418. The molecule has 1 atom stereocenters. The minimum atomic E-state index is -0.275. The third kappa shape index (κ3) is 3.65. The molecule has 1 fully saturated rings. The molecule has 0 heterocycles. The smallest absolute Gasteiger partial charge is 0.228 e. The zero-order valence-corrected chi connectivity index (χ0v) is 17.2. The number of hydrogen-bond acceptors (Lipinski definition) is 2. The van der Waals surface area contributed by atoms with E-state index in [1.807, 2.05) is 31.2 Å². The summed E-state index contributed by atoms with van der Waals surface area (Å²) < 4.78 is 5.68. The zero-order chi connectivity index (χ0) is 20.4. The monoisotopic (exact) mass is 385 g/mol. The number of para-hydroxylation sites is 2. The van der Waals surface area contributed by atoms with Crippen LogP contribution in [-0.2, 0) is 10.2 Å². The van der Waals surface area contributed by atoms with E-state index in [1.165, 1.54) is 22.3 Å². The van der Waals surface area contributed by atoms with Gasteiger partial charge in [-0.3, -0.25) is 4.79 Å². The molecule has 0 unspecified atom stereocenters. The van der Waals surface area contributed by atoms with Crippen LogP contribution in [0.2, 0.25) is 0 Å². The van der Waals surface area contributed by atoms with Crippen molar-refractivity contribution < 1.29 is 9.53 Å². The van der Waals surface area contributed by atoms with Crippen molar-refractivity contribution in [1.82, 2.24) is 0 Å². The molecule has 0 radical (unpaired) electrons. The van der Waals surface area contributed by atoms with Gasteiger partial charge in [-0.05, 0) is 50.5 Å². The van der Waals surface area contributed by atoms with Crippen molar-refractivity contribution in [3.63, 3.8) is 0 Å². The van der Waals surface area contributed by atoms with Gasteiger partial charge in [-0.2, -0.15) is 0 Å². The van der Waals surface area contributed by atoms with E-state index in [2.05, 4.69) is 67.7 Å². The van der Waals surface area contributed by atoms with E-state index in [9.17, 15) is 4.79 Å². The number of carbonyl (C=O) groups is 1. The topological polar surface area (TPSA) is 38.3 Å². The maximum Gasteiger partial charge on any atom is 0.228 e. The third-order valence-electron chi connectivity index (χ3n) is 5.79. The van der Waals surface area contributed by atoms with Crippen molar-refractivity contribution in [2.24, 2.45) is 5.92 Å². The lowest BCUT2D eigenvalue weighted by molar-refractivity contribution is -0.117. The molecule has 1 aliphatic carbocycles. The number of amides is 1. The standard InChI is InChI=1S/C26H27NO2/c1-4-29-24-14-6-5-13-23(24)27-25(28)22-17-26(22,20-11-7-9-18(2)15-20)21-12-8-10-19(3)16-21/h5-16,22H,4,17H2,1-3H3,(H,27,28)/t22-/m0/s1. The van der Waals surface area contributed by atoms with E-state index in [-0.39, 0.29) is 17.2 Å². The minimum Gasteiger partial charge on any atom is -0.492 e. The summed E-state index contributed by atoms with van der Waals surface area (Å²) in [6.45, 7) is 6.71. The van der Waals surface area contributed by atoms with E-state index >= 15 is 0 Å². The molecule has 0 spiro atoms. The SMILES string of the molecule is CCOc1ccccc1NC(=O)[C@@H]1CC1(c1cccc(C)c1)c1cccc(C)c1. The normalized spacial score (nSPS) is 16.9. The second-order valence-electron chi connectivity index (χ2n) is 7.89. The van der Waals surface area contributed by atoms with Gasteiger partial charge in [-0.15, -0.1) is 0 Å². The van der Waals surface area contributed by atoms with Gasteiger partial charge in [0.05, 0.1) is 18.2 Å². The fraction of sp³-hybridized carbons (Fsp3) is 0.269. The molecule has 0 bridgehead atoms. The van der Waals surface area contributed by atoms with Crippen molar-refractivity contribution in [3.8, 4) is 5.75 Å². The Morgan fingerprint density at radius 3 is 2.17 bits per heavy atom. The van der Waals surface area contributed by atoms with Crippen LogP contribution in [0.1, 0.15) is 35.6 Å². The van der Waals surface area contributed by atoms with Gasteiger partial charge in [0, 0.05) is 5.41 Å². The van der Waals surface area contributed by atoms with Crippen LogP contribution in [0.15, 0.2) is 72.8 Å². The summed E-state index contributed by atoms with van der Waals surface area (Å²) in [6.07, 6.45) is 0.808. The highest BCUT2D eigenvalue weighted by Crippen LogP contribution is 2.59. The van der Waals surface area contributed by atoms with Crippen LogP contribution < -0.4 is 10.1 Å². The summed E-state index contributed by atoms with van der Waals surface area (Å²) in [7, 11) is 0. The molecule has 1 saturated carbocycles. The molecule has 3 aromatic carbocycles. The first-order valence-corrected chi connectivity index (χ1v) is 10.2. The van der Waals surface area contributed by atoms with Crippen molar-refractivity contribution in [2.45, 2.75) is 32.6 Å². The largest absolute Gasteiger partial charge is 0.492 e. The highest BCUT2D eigenvalue weighted by molar-refractivity contribution is 5.98. The van der Waals surface area contributed by atoms with Gasteiger partial charge in [0.1, 0.15) is 5.75 Å². The summed E-state index contributed by atoms with van der Waals surface area (Å²) in [5, 5.41) is 3.12. The molecule has 3 aromatic rings. The molecule has 4 rings (SSSR count). The summed E-state index contributed by atoms with van der Waals surface area (Å²) in [5.74, 6) is 0.640. The average molecular weight is 386 g/mol. The first-order chi connectivity index (χ1) is 14.0. The fourth-order valence-corrected chi connectivity index (χ4v) is 4.30. The summed E-state index contributed by atoms with van der Waals surface area (Å²) in [5.41, 5.74) is 5.30. The van der Waals surface area contributed by atoms with Crippen molar-refractivity contribution in [2.75, 3.05) is 11.9 Å². The molecule has 1 N–H and O–H groups in total. The molecule has 0 saturated heterocycles. The molecule has 0 aromatic heterocycles. The molecular weight excluding hydrogens is 358 g/mol. The molecule has 29 heavy (non-hydrogen) atoms. The van der Waals surface area contributed by atoms with E-state index in [4.69, 9.17) is 4.74 Å². The molecular formula is C26H27NO2. The first kappa shape index (κ1) is 19.3. The number of ether oxygens (including phenoxy) is 1. The van der Waals surface area contributed by atoms with E-state index in [0.717, 1.165) is 12.1 Å². The van der Waals surface area contributed by atoms with Gasteiger partial charge in [0.15, 0.2) is 0 Å². The Bertz CT molecular complexity index is 995. The van der Waals surface area contributed by atoms with Crippen molar-refractivity contribution in [3.05, 3.63) is 95.1 Å². The predicted octanol–water partition coefficient (Wildman–Crippen LogP) is 5.65. The van der Waals surface area contributed by atoms with Crippen LogP contribution in [0, 0.1) is 19.8 Å². The highest BCUT2D eigenvalue weighted by atomic mass is 16.5. The average Bonchev–Trinajstić information content (AvgIpc) is 3.47. The third-order valence-corrected chi connectivity index (χ3v) is 5.79. The quantitative estimate of drug-likeness (QED) is 0.596. The van der Waals surface area contributed by atoms with Crippen LogP contribution >= 0.6 is 0 Å². The van der Waals surface area contributed by atoms with Gasteiger partial charge < -0.3 is 10.1 Å². The predicted molar refractivity (Wildman–Crippen MR) is 117 cm³/mol. The van der Waals surface area contributed by atoms with Crippen molar-refractivity contribution in [1.29, 1.82) is 0 Å². The number of anilines is 1. The molecule has 148 valence electrons. The van der Waals surface area contributed by atoms with Gasteiger partial charge in [0.25, 0.3) is 0 Å². The Morgan fingerprint density at radius 1 is 0.966 bits per heavy atom. The lowest BCUT2D eigenvalue weighted by Crippen LogP contribution is -2.22. The van der Waals surface area contributed by atoms with E-state index < -0.39 is 0 Å². The van der Waals surface area contributed by atoms with Crippen LogP contribution in [0.3, 0.4) is 0 Å². The van der Waals surface area contributed by atoms with Crippen LogP contribution in [0.5, 0.6) is 5.75 Å². The maximum atomic E-state index is 13.3. The molecule has 3 nitrogen and oxygen atoms in total. The Morgan fingerprint density at radius 2 is 1.59 bits per heavy atom. The van der Waals surface area contributed by atoms with Gasteiger partial charge in [0.2, 0.25) is 5.91 Å².